The van der Waals surface area contributed by atoms with Crippen molar-refractivity contribution in [2.75, 3.05) is 32.2 Å². The van der Waals surface area contributed by atoms with Crippen LogP contribution in [0.3, 0.4) is 0 Å². The summed E-state index contributed by atoms with van der Waals surface area (Å²) in [6, 6.07) is 3.49. The molecular weight excluding hydrogens is 284 g/mol. The lowest BCUT2D eigenvalue weighted by molar-refractivity contribution is -0.138. The molecular formula is C16H24N2O4. The van der Waals surface area contributed by atoms with E-state index in [1.165, 1.54) is 0 Å². The monoisotopic (exact) mass is 308 g/mol. The number of hydrogen-bond acceptors (Lipinski definition) is 5. The lowest BCUT2D eigenvalue weighted by Gasteiger charge is -2.26. The number of methoxy groups -OCH3 is 1. The summed E-state index contributed by atoms with van der Waals surface area (Å²) in [4.78, 5) is 16.5. The van der Waals surface area contributed by atoms with Crippen LogP contribution < -0.4 is 10.1 Å². The summed E-state index contributed by atoms with van der Waals surface area (Å²) in [6.45, 7) is 5.42. The molecule has 1 aromatic heterocycles. The average Bonchev–Trinajstić information content (AvgIpc) is 3.37. The number of pyridine rings is 1. The van der Waals surface area contributed by atoms with E-state index in [1.807, 2.05) is 13.8 Å². The minimum Gasteiger partial charge on any atom is -0.475 e. The predicted molar refractivity (Wildman–Crippen MR) is 83.0 cm³/mol. The zero-order valence-electron chi connectivity index (χ0n) is 13.4. The molecule has 1 saturated carbocycles. The number of aromatic nitrogens is 1. The van der Waals surface area contributed by atoms with Crippen molar-refractivity contribution in [1.82, 2.24) is 4.98 Å². The zero-order chi connectivity index (χ0) is 16.0. The number of hydrogen-bond donors (Lipinski definition) is 1. The maximum absolute atomic E-state index is 12.4. The fourth-order valence-electron chi connectivity index (χ4n) is 2.22. The van der Waals surface area contributed by atoms with Crippen LogP contribution in [0.15, 0.2) is 18.3 Å². The first-order valence-corrected chi connectivity index (χ1v) is 7.63. The van der Waals surface area contributed by atoms with Crippen LogP contribution in [-0.2, 0) is 14.3 Å². The van der Waals surface area contributed by atoms with Gasteiger partial charge < -0.3 is 19.5 Å². The fraction of sp³-hybridized carbons (Fsp3) is 0.625. The first kappa shape index (κ1) is 16.7. The molecule has 6 nitrogen and oxygen atoms in total. The Hall–Kier alpha value is -1.66. The van der Waals surface area contributed by atoms with Gasteiger partial charge in [-0.15, -0.1) is 0 Å². The largest absolute Gasteiger partial charge is 0.475 e. The number of amides is 1. The van der Waals surface area contributed by atoms with E-state index >= 15 is 0 Å². The summed E-state index contributed by atoms with van der Waals surface area (Å²) in [5, 5.41) is 2.85. The second-order valence-electron chi connectivity index (χ2n) is 5.47. The molecule has 1 fully saturated rings. The van der Waals surface area contributed by atoms with Gasteiger partial charge in [0.1, 0.15) is 12.2 Å². The Labute approximate surface area is 131 Å². The highest BCUT2D eigenvalue weighted by Gasteiger charge is 2.47. The van der Waals surface area contributed by atoms with E-state index in [-0.39, 0.29) is 5.91 Å². The van der Waals surface area contributed by atoms with Gasteiger partial charge in [0.15, 0.2) is 0 Å². The van der Waals surface area contributed by atoms with Crippen molar-refractivity contribution < 1.29 is 19.0 Å². The molecule has 0 aliphatic heterocycles. The van der Waals surface area contributed by atoms with Crippen molar-refractivity contribution in [2.24, 2.45) is 5.92 Å². The molecule has 1 aromatic rings. The first-order valence-electron chi connectivity index (χ1n) is 7.63. The highest BCUT2D eigenvalue weighted by molar-refractivity contribution is 5.97. The van der Waals surface area contributed by atoms with Gasteiger partial charge in [-0.1, -0.05) is 0 Å². The molecule has 122 valence electrons. The van der Waals surface area contributed by atoms with Crippen LogP contribution in [0.1, 0.15) is 26.7 Å². The summed E-state index contributed by atoms with van der Waals surface area (Å²) in [5.74, 6) is 0.672. The molecule has 0 saturated heterocycles. The Bertz CT molecular complexity index is 487. The molecule has 22 heavy (non-hydrogen) atoms. The molecule has 1 aliphatic carbocycles. The van der Waals surface area contributed by atoms with Gasteiger partial charge in [0, 0.05) is 19.8 Å². The summed E-state index contributed by atoms with van der Waals surface area (Å²) in [6.07, 6.45) is 3.64. The number of rotatable bonds is 9. The van der Waals surface area contributed by atoms with Gasteiger partial charge in [-0.2, -0.15) is 0 Å². The van der Waals surface area contributed by atoms with E-state index in [1.54, 1.807) is 25.4 Å². The molecule has 0 spiro atoms. The number of anilines is 1. The second-order valence-corrected chi connectivity index (χ2v) is 5.47. The molecule has 6 heteroatoms. The molecule has 1 heterocycles. The van der Waals surface area contributed by atoms with Crippen LogP contribution >= 0.6 is 0 Å². The molecule has 2 rings (SSSR count). The predicted octanol–water partition coefficient (Wildman–Crippen LogP) is 2.25. The SMILES string of the molecule is CCOCCOc1ccc(NC(=O)[C@@](C)(OC)C2CC2)cn1. The second kappa shape index (κ2) is 7.56. The van der Waals surface area contributed by atoms with Crippen LogP contribution in [0.5, 0.6) is 5.88 Å². The highest BCUT2D eigenvalue weighted by atomic mass is 16.5. The van der Waals surface area contributed by atoms with Crippen molar-refractivity contribution >= 4 is 11.6 Å². The number of carbonyl (C=O) groups is 1. The maximum atomic E-state index is 12.4. The van der Waals surface area contributed by atoms with Crippen molar-refractivity contribution in [3.63, 3.8) is 0 Å². The van der Waals surface area contributed by atoms with Gasteiger partial charge in [-0.3, -0.25) is 4.79 Å². The Balaban J connectivity index is 1.86. The van der Waals surface area contributed by atoms with Gasteiger partial charge >= 0.3 is 0 Å². The molecule has 1 amide bonds. The molecule has 0 bridgehead atoms. The van der Waals surface area contributed by atoms with Crippen LogP contribution in [0.2, 0.25) is 0 Å². The van der Waals surface area contributed by atoms with Gasteiger partial charge in [0.2, 0.25) is 5.88 Å². The smallest absolute Gasteiger partial charge is 0.256 e. The third-order valence-corrected chi connectivity index (χ3v) is 3.91. The zero-order valence-corrected chi connectivity index (χ0v) is 13.4. The average molecular weight is 308 g/mol. The van der Waals surface area contributed by atoms with E-state index in [4.69, 9.17) is 14.2 Å². The van der Waals surface area contributed by atoms with E-state index in [0.717, 1.165) is 12.8 Å². The van der Waals surface area contributed by atoms with E-state index in [2.05, 4.69) is 10.3 Å². The standard InChI is InChI=1S/C16H24N2O4/c1-4-21-9-10-22-14-8-7-13(11-17-14)18-15(19)16(2,20-3)12-5-6-12/h7-8,11-12H,4-6,9-10H2,1-3H3,(H,18,19)/t16-/m0/s1. The molecule has 0 aromatic carbocycles. The normalized spacial score (nSPS) is 16.9. The summed E-state index contributed by atoms with van der Waals surface area (Å²) in [7, 11) is 1.57. The Morgan fingerprint density at radius 1 is 1.41 bits per heavy atom. The Morgan fingerprint density at radius 3 is 2.73 bits per heavy atom. The van der Waals surface area contributed by atoms with Crippen LogP contribution in [-0.4, -0.2) is 43.4 Å². The molecule has 0 radical (unpaired) electrons. The molecule has 1 atom stereocenters. The minimum atomic E-state index is -0.771. The molecule has 0 unspecified atom stereocenters. The van der Waals surface area contributed by atoms with Gasteiger partial charge in [0.05, 0.1) is 18.5 Å². The van der Waals surface area contributed by atoms with E-state index in [9.17, 15) is 4.79 Å². The maximum Gasteiger partial charge on any atom is 0.256 e. The topological polar surface area (TPSA) is 69.7 Å². The highest BCUT2D eigenvalue weighted by Crippen LogP contribution is 2.42. The van der Waals surface area contributed by atoms with E-state index < -0.39 is 5.60 Å². The third kappa shape index (κ3) is 4.18. The van der Waals surface area contributed by atoms with Crippen molar-refractivity contribution in [3.8, 4) is 5.88 Å². The number of ether oxygens (including phenoxy) is 3. The van der Waals surface area contributed by atoms with Gasteiger partial charge in [0.25, 0.3) is 5.91 Å². The summed E-state index contributed by atoms with van der Waals surface area (Å²) >= 11 is 0. The van der Waals surface area contributed by atoms with Crippen molar-refractivity contribution in [2.45, 2.75) is 32.3 Å². The number of carbonyl (C=O) groups excluding carboxylic acids is 1. The van der Waals surface area contributed by atoms with Crippen molar-refractivity contribution in [1.29, 1.82) is 0 Å². The summed E-state index contributed by atoms with van der Waals surface area (Å²) in [5.41, 5.74) is -0.141. The van der Waals surface area contributed by atoms with Crippen LogP contribution in [0.4, 0.5) is 5.69 Å². The van der Waals surface area contributed by atoms with Crippen molar-refractivity contribution in [3.05, 3.63) is 18.3 Å². The third-order valence-electron chi connectivity index (χ3n) is 3.91. The van der Waals surface area contributed by atoms with Gasteiger partial charge in [-0.05, 0) is 38.7 Å². The van der Waals surface area contributed by atoms with Crippen LogP contribution in [0.25, 0.3) is 0 Å². The molecule has 1 aliphatic rings. The van der Waals surface area contributed by atoms with E-state index in [0.29, 0.717) is 37.3 Å². The fourth-order valence-corrected chi connectivity index (χ4v) is 2.22. The summed E-state index contributed by atoms with van der Waals surface area (Å²) < 4.78 is 16.0. The van der Waals surface area contributed by atoms with Crippen LogP contribution in [0, 0.1) is 5.92 Å². The number of nitrogens with one attached hydrogen (secondary N) is 1. The lowest BCUT2D eigenvalue weighted by atomic mass is 9.99. The first-order chi connectivity index (χ1) is 10.6. The Morgan fingerprint density at radius 2 is 2.18 bits per heavy atom. The molecule has 1 N–H and O–H groups in total. The lowest BCUT2D eigenvalue weighted by Crippen LogP contribution is -2.44. The Kier molecular flexibility index (Phi) is 5.74. The quantitative estimate of drug-likeness (QED) is 0.709. The number of nitrogens with zero attached hydrogens (tertiary/aromatic N) is 1. The van der Waals surface area contributed by atoms with Gasteiger partial charge in [-0.25, -0.2) is 4.98 Å². The minimum absolute atomic E-state index is 0.135.